The van der Waals surface area contributed by atoms with Gasteiger partial charge in [0.1, 0.15) is 17.1 Å². The van der Waals surface area contributed by atoms with Gasteiger partial charge in [0.05, 0.1) is 29.6 Å². The van der Waals surface area contributed by atoms with Crippen LogP contribution in [0.4, 0.5) is 28.2 Å². The molecule has 35 heavy (non-hydrogen) atoms. The third-order valence-corrected chi connectivity index (χ3v) is 5.50. The second kappa shape index (κ2) is 8.95. The SMILES string of the molecule is CC(C)(C)OC(=O)N1C[C@H](O)[C@H](Nc2nnc(-c3ccc(C(F)(F)F)cc3)c3cccc(F)c23)C1. The number of anilines is 1. The van der Waals surface area contributed by atoms with Gasteiger partial charge in [-0.1, -0.05) is 24.3 Å². The Hall–Kier alpha value is -3.47. The summed E-state index contributed by atoms with van der Waals surface area (Å²) in [6.07, 6.45) is -6.04. The third-order valence-electron chi connectivity index (χ3n) is 5.50. The number of β-amino-alcohol motifs (C(OH)–C–C–N with tert-alkyl or cyclic N) is 1. The van der Waals surface area contributed by atoms with Crippen molar-refractivity contribution >= 4 is 22.7 Å². The molecule has 1 fully saturated rings. The van der Waals surface area contributed by atoms with Crippen LogP contribution in [0, 0.1) is 5.82 Å². The van der Waals surface area contributed by atoms with E-state index in [2.05, 4.69) is 15.5 Å². The smallest absolute Gasteiger partial charge is 0.416 e. The summed E-state index contributed by atoms with van der Waals surface area (Å²) in [7, 11) is 0. The predicted molar refractivity (Wildman–Crippen MR) is 121 cm³/mol. The van der Waals surface area contributed by atoms with Crippen molar-refractivity contribution < 1.29 is 32.2 Å². The van der Waals surface area contributed by atoms with Gasteiger partial charge in [-0.3, -0.25) is 0 Å². The fraction of sp³-hybridized carbons (Fsp3) is 0.375. The van der Waals surface area contributed by atoms with Crippen LogP contribution >= 0.6 is 0 Å². The Balaban J connectivity index is 1.64. The number of aromatic nitrogens is 2. The number of hydrogen-bond donors (Lipinski definition) is 2. The number of benzene rings is 2. The lowest BCUT2D eigenvalue weighted by atomic mass is 10.0. The zero-order chi connectivity index (χ0) is 25.5. The van der Waals surface area contributed by atoms with E-state index in [9.17, 15) is 27.5 Å². The van der Waals surface area contributed by atoms with Crippen LogP contribution < -0.4 is 5.32 Å². The lowest BCUT2D eigenvalue weighted by Gasteiger charge is -2.24. The first kappa shape index (κ1) is 24.6. The number of ether oxygens (including phenoxy) is 1. The zero-order valence-electron chi connectivity index (χ0n) is 19.2. The number of fused-ring (bicyclic) bond motifs is 1. The van der Waals surface area contributed by atoms with Gasteiger partial charge >= 0.3 is 12.3 Å². The lowest BCUT2D eigenvalue weighted by molar-refractivity contribution is -0.137. The molecule has 1 amide bonds. The number of carbonyl (C=O) groups is 1. The molecule has 2 aromatic carbocycles. The molecule has 2 heterocycles. The van der Waals surface area contributed by atoms with E-state index < -0.39 is 41.4 Å². The highest BCUT2D eigenvalue weighted by Gasteiger charge is 2.37. The van der Waals surface area contributed by atoms with E-state index in [1.54, 1.807) is 26.8 Å². The Labute approximate surface area is 198 Å². The van der Waals surface area contributed by atoms with Crippen molar-refractivity contribution in [1.29, 1.82) is 0 Å². The number of alkyl halides is 3. The van der Waals surface area contributed by atoms with Gasteiger partial charge in [-0.25, -0.2) is 9.18 Å². The first-order valence-electron chi connectivity index (χ1n) is 10.9. The number of aliphatic hydroxyl groups is 1. The zero-order valence-corrected chi connectivity index (χ0v) is 19.2. The van der Waals surface area contributed by atoms with Gasteiger partial charge in [0.2, 0.25) is 0 Å². The summed E-state index contributed by atoms with van der Waals surface area (Å²) in [5, 5.41) is 22.1. The van der Waals surface area contributed by atoms with Crippen molar-refractivity contribution in [2.24, 2.45) is 0 Å². The summed E-state index contributed by atoms with van der Waals surface area (Å²) < 4.78 is 59.0. The summed E-state index contributed by atoms with van der Waals surface area (Å²) >= 11 is 0. The molecule has 0 aliphatic carbocycles. The fourth-order valence-corrected chi connectivity index (χ4v) is 3.88. The van der Waals surface area contributed by atoms with Gasteiger partial charge in [-0.15, -0.1) is 10.2 Å². The second-order valence-electron chi connectivity index (χ2n) is 9.34. The third kappa shape index (κ3) is 5.29. The average Bonchev–Trinajstić information content (AvgIpc) is 3.13. The van der Waals surface area contributed by atoms with E-state index in [1.165, 1.54) is 29.2 Å². The molecule has 0 spiro atoms. The molecule has 11 heteroatoms. The molecule has 0 bridgehead atoms. The molecule has 1 aliphatic rings. The molecule has 7 nitrogen and oxygen atoms in total. The van der Waals surface area contributed by atoms with Crippen LogP contribution in [0.3, 0.4) is 0 Å². The Morgan fingerprint density at radius 2 is 1.77 bits per heavy atom. The van der Waals surface area contributed by atoms with Gasteiger partial charge in [0.15, 0.2) is 5.82 Å². The highest BCUT2D eigenvalue weighted by atomic mass is 19.4. The van der Waals surface area contributed by atoms with E-state index >= 15 is 0 Å². The Morgan fingerprint density at radius 1 is 1.09 bits per heavy atom. The number of nitrogens with zero attached hydrogens (tertiary/aromatic N) is 3. The molecule has 1 aromatic heterocycles. The molecule has 186 valence electrons. The number of likely N-dealkylation sites (tertiary alicyclic amines) is 1. The maximum atomic E-state index is 14.9. The molecule has 0 radical (unpaired) electrons. The molecular formula is C24H24F4N4O3. The molecular weight excluding hydrogens is 468 g/mol. The molecule has 0 unspecified atom stereocenters. The van der Waals surface area contributed by atoms with Crippen LogP contribution in [-0.2, 0) is 10.9 Å². The minimum atomic E-state index is -4.48. The molecule has 0 saturated carbocycles. The van der Waals surface area contributed by atoms with Crippen LogP contribution in [0.15, 0.2) is 42.5 Å². The van der Waals surface area contributed by atoms with Gasteiger partial charge in [-0.05, 0) is 39.0 Å². The van der Waals surface area contributed by atoms with Crippen LogP contribution in [0.25, 0.3) is 22.0 Å². The van der Waals surface area contributed by atoms with Crippen LogP contribution in [0.1, 0.15) is 26.3 Å². The molecule has 2 N–H and O–H groups in total. The van der Waals surface area contributed by atoms with Crippen molar-refractivity contribution in [3.8, 4) is 11.3 Å². The van der Waals surface area contributed by atoms with Crippen molar-refractivity contribution in [2.75, 3.05) is 18.4 Å². The quantitative estimate of drug-likeness (QED) is 0.509. The van der Waals surface area contributed by atoms with E-state index in [4.69, 9.17) is 4.74 Å². The van der Waals surface area contributed by atoms with Crippen molar-refractivity contribution in [3.63, 3.8) is 0 Å². The highest BCUT2D eigenvalue weighted by Crippen LogP contribution is 2.35. The van der Waals surface area contributed by atoms with Crippen molar-refractivity contribution in [1.82, 2.24) is 15.1 Å². The first-order valence-corrected chi connectivity index (χ1v) is 10.9. The number of halogens is 4. The number of amides is 1. The van der Waals surface area contributed by atoms with Gasteiger partial charge < -0.3 is 20.1 Å². The Kier molecular flexibility index (Phi) is 6.31. The number of hydrogen-bond acceptors (Lipinski definition) is 6. The average molecular weight is 492 g/mol. The van der Waals surface area contributed by atoms with Crippen LogP contribution in [0.2, 0.25) is 0 Å². The summed E-state index contributed by atoms with van der Waals surface area (Å²) in [5.74, 6) is -0.576. The van der Waals surface area contributed by atoms with Crippen LogP contribution in [-0.4, -0.2) is 57.1 Å². The Morgan fingerprint density at radius 3 is 2.40 bits per heavy atom. The Bertz CT molecular complexity index is 1240. The maximum Gasteiger partial charge on any atom is 0.416 e. The number of nitrogens with one attached hydrogen (secondary N) is 1. The highest BCUT2D eigenvalue weighted by molar-refractivity contribution is 6.00. The van der Waals surface area contributed by atoms with Crippen molar-refractivity contribution in [3.05, 3.63) is 53.8 Å². The lowest BCUT2D eigenvalue weighted by Crippen LogP contribution is -2.36. The molecule has 2 atom stereocenters. The maximum absolute atomic E-state index is 14.9. The van der Waals surface area contributed by atoms with Crippen molar-refractivity contribution in [2.45, 2.75) is 44.7 Å². The normalized spacial score (nSPS) is 18.7. The van der Waals surface area contributed by atoms with Gasteiger partial charge in [0.25, 0.3) is 0 Å². The topological polar surface area (TPSA) is 87.6 Å². The summed E-state index contributed by atoms with van der Waals surface area (Å²) in [6.45, 7) is 5.31. The molecule has 3 aromatic rings. The minimum absolute atomic E-state index is 0.0179. The molecule has 4 rings (SSSR count). The first-order chi connectivity index (χ1) is 16.3. The number of carbonyl (C=O) groups excluding carboxylic acids is 1. The van der Waals surface area contributed by atoms with E-state index in [1.807, 2.05) is 0 Å². The van der Waals surface area contributed by atoms with E-state index in [0.29, 0.717) is 10.9 Å². The minimum Gasteiger partial charge on any atom is -0.444 e. The van der Waals surface area contributed by atoms with E-state index in [0.717, 1.165) is 12.1 Å². The number of rotatable bonds is 3. The second-order valence-corrected chi connectivity index (χ2v) is 9.34. The predicted octanol–water partition coefficient (Wildman–Crippen LogP) is 4.85. The molecule has 1 aliphatic heterocycles. The number of aliphatic hydroxyl groups excluding tert-OH is 1. The summed E-state index contributed by atoms with van der Waals surface area (Å²) in [4.78, 5) is 13.7. The fourth-order valence-electron chi connectivity index (χ4n) is 3.88. The summed E-state index contributed by atoms with van der Waals surface area (Å²) in [6, 6.07) is 7.96. The standard InChI is InChI=1S/C24H24F4N4O3/c1-23(2,3)35-22(34)32-11-17(18(33)12-32)29-21-19-15(5-4-6-16(19)25)20(30-31-21)13-7-9-14(10-8-13)24(26,27)28/h4-10,17-18,33H,11-12H2,1-3H3,(H,29,31)/t17-,18+/m1/s1. The van der Waals surface area contributed by atoms with Gasteiger partial charge in [-0.2, -0.15) is 13.2 Å². The molecule has 1 saturated heterocycles. The summed E-state index contributed by atoms with van der Waals surface area (Å²) in [5.41, 5.74) is -0.967. The van der Waals surface area contributed by atoms with Gasteiger partial charge in [0, 0.05) is 17.5 Å². The van der Waals surface area contributed by atoms with Crippen LogP contribution in [0.5, 0.6) is 0 Å². The monoisotopic (exact) mass is 492 g/mol. The van der Waals surface area contributed by atoms with E-state index in [-0.39, 0.29) is 30.0 Å². The largest absolute Gasteiger partial charge is 0.444 e.